The van der Waals surface area contributed by atoms with Gasteiger partial charge in [0.15, 0.2) is 11.5 Å². The molecular weight excluding hydrogens is 628 g/mol. The Balaban J connectivity index is 1.22. The Labute approximate surface area is 247 Å². The zero-order valence-electron chi connectivity index (χ0n) is 21.2. The number of benzene rings is 1. The van der Waals surface area contributed by atoms with Crippen molar-refractivity contribution in [2.45, 2.75) is 30.9 Å². The van der Waals surface area contributed by atoms with Crippen molar-refractivity contribution >= 4 is 56.6 Å². The van der Waals surface area contributed by atoms with Gasteiger partial charge in [0.1, 0.15) is 16.4 Å². The monoisotopic (exact) mass is 645 g/mol. The first-order chi connectivity index (χ1) is 19.8. The van der Waals surface area contributed by atoms with E-state index >= 15 is 8.78 Å². The Morgan fingerprint density at radius 3 is 2.48 bits per heavy atom. The van der Waals surface area contributed by atoms with Crippen molar-refractivity contribution in [1.82, 2.24) is 30.0 Å². The zero-order valence-corrected chi connectivity index (χ0v) is 23.5. The number of carbonyl (C=O) groups is 1. The summed E-state index contributed by atoms with van der Waals surface area (Å²) in [7, 11) is 0. The normalized spacial score (nSPS) is 21.3. The average molecular weight is 646 g/mol. The number of thiazole rings is 1. The Kier molecular flexibility index (Phi) is 6.03. The predicted octanol–water partition coefficient (Wildman–Crippen LogP) is 5.69. The largest absolute Gasteiger partial charge is 0.419 e. The quantitative estimate of drug-likeness (QED) is 0.255. The average Bonchev–Trinajstić information content (AvgIpc) is 3.26. The molecule has 3 aromatic heterocycles. The minimum absolute atomic E-state index is 0.0390. The van der Waals surface area contributed by atoms with Gasteiger partial charge in [0.05, 0.1) is 21.5 Å². The molecule has 9 nitrogen and oxygen atoms in total. The number of nitrogens with zero attached hydrogens (tertiary/aromatic N) is 7. The fraction of sp³-hybridized carbons (Fsp3) is 0.440. The minimum atomic E-state index is -4.65. The van der Waals surface area contributed by atoms with E-state index in [0.29, 0.717) is 16.2 Å². The lowest BCUT2D eigenvalue weighted by Crippen LogP contribution is -2.64. The number of fused-ring (bicyclic) bond motifs is 1. The highest BCUT2D eigenvalue weighted by Crippen LogP contribution is 2.61. The summed E-state index contributed by atoms with van der Waals surface area (Å²) in [4.78, 5) is 28.8. The van der Waals surface area contributed by atoms with Gasteiger partial charge in [0.2, 0.25) is 11.8 Å². The van der Waals surface area contributed by atoms with Crippen molar-refractivity contribution in [2.24, 2.45) is 10.8 Å². The van der Waals surface area contributed by atoms with Crippen molar-refractivity contribution < 1.29 is 31.2 Å². The third kappa shape index (κ3) is 4.07. The van der Waals surface area contributed by atoms with E-state index in [4.69, 9.17) is 27.6 Å². The summed E-state index contributed by atoms with van der Waals surface area (Å²) in [5.41, 5.74) is -1.64. The Hall–Kier alpha value is -3.17. The molecule has 1 saturated carbocycles. The first-order valence-electron chi connectivity index (χ1n) is 12.7. The minimum Gasteiger partial charge on any atom is -0.419 e. The van der Waals surface area contributed by atoms with E-state index in [1.54, 1.807) is 5.51 Å². The number of rotatable bonds is 5. The maximum atomic E-state index is 15.4. The van der Waals surface area contributed by atoms with Crippen LogP contribution in [0, 0.1) is 10.8 Å². The molecule has 3 aliphatic rings. The lowest BCUT2D eigenvalue weighted by atomic mass is 9.71. The van der Waals surface area contributed by atoms with E-state index in [1.807, 2.05) is 4.90 Å². The van der Waals surface area contributed by atoms with Crippen LogP contribution in [-0.2, 0) is 10.7 Å². The van der Waals surface area contributed by atoms with E-state index in [0.717, 1.165) is 12.1 Å². The second kappa shape index (κ2) is 9.16. The molecule has 4 aromatic rings. The Morgan fingerprint density at radius 1 is 1.02 bits per heavy atom. The van der Waals surface area contributed by atoms with Crippen molar-refractivity contribution in [3.63, 3.8) is 0 Å². The fourth-order valence-corrected chi connectivity index (χ4v) is 6.97. The highest BCUT2D eigenvalue weighted by atomic mass is 35.5. The number of aromatic nitrogens is 5. The second-order valence-electron chi connectivity index (χ2n) is 10.9. The van der Waals surface area contributed by atoms with E-state index in [2.05, 4.69) is 25.1 Å². The molecule has 1 atom stereocenters. The van der Waals surface area contributed by atoms with Gasteiger partial charge in [0, 0.05) is 37.2 Å². The molecular formula is C25H18Cl2F5N7O2S. The van der Waals surface area contributed by atoms with Gasteiger partial charge in [-0.15, -0.1) is 21.5 Å². The summed E-state index contributed by atoms with van der Waals surface area (Å²) in [6.07, 6.45) is -3.81. The molecule has 17 heteroatoms. The van der Waals surface area contributed by atoms with Crippen molar-refractivity contribution in [2.75, 3.05) is 31.1 Å². The van der Waals surface area contributed by atoms with Crippen LogP contribution in [0.1, 0.15) is 36.1 Å². The Bertz CT molecular complexity index is 1720. The summed E-state index contributed by atoms with van der Waals surface area (Å²) in [5.74, 6) is -5.93. The molecule has 1 unspecified atom stereocenters. The van der Waals surface area contributed by atoms with Crippen LogP contribution in [0.25, 0.3) is 10.3 Å². The molecule has 5 heterocycles. The van der Waals surface area contributed by atoms with Gasteiger partial charge in [-0.25, -0.2) is 15.0 Å². The number of halogens is 7. The summed E-state index contributed by atoms with van der Waals surface area (Å²) >= 11 is 13.1. The van der Waals surface area contributed by atoms with Gasteiger partial charge in [-0.05, 0) is 25.0 Å². The number of anilines is 1. The maximum absolute atomic E-state index is 15.4. The molecule has 3 fully saturated rings. The Morgan fingerprint density at radius 2 is 1.79 bits per heavy atom. The van der Waals surface area contributed by atoms with Crippen LogP contribution < -0.4 is 4.90 Å². The third-order valence-corrected chi connectivity index (χ3v) is 9.90. The topological polar surface area (TPSA) is 101 Å². The molecule has 1 spiro atoms. The molecule has 0 bridgehead atoms. The summed E-state index contributed by atoms with van der Waals surface area (Å²) in [6, 6.07) is 3.32. The van der Waals surface area contributed by atoms with Crippen LogP contribution in [0.3, 0.4) is 0 Å². The molecule has 220 valence electrons. The second-order valence-corrected chi connectivity index (χ2v) is 12.6. The van der Waals surface area contributed by atoms with Gasteiger partial charge in [-0.3, -0.25) is 4.79 Å². The van der Waals surface area contributed by atoms with Crippen LogP contribution >= 0.6 is 34.5 Å². The van der Waals surface area contributed by atoms with Crippen LogP contribution in [0.5, 0.6) is 0 Å². The highest BCUT2D eigenvalue weighted by molar-refractivity contribution is 7.17. The fourth-order valence-electron chi connectivity index (χ4n) is 5.92. The first kappa shape index (κ1) is 27.7. The molecule has 0 radical (unpaired) electrons. The van der Waals surface area contributed by atoms with Crippen LogP contribution in [0.15, 0.2) is 34.5 Å². The van der Waals surface area contributed by atoms with E-state index in [-0.39, 0.29) is 55.0 Å². The molecule has 7 rings (SSSR count). The van der Waals surface area contributed by atoms with Crippen LogP contribution in [0.4, 0.5) is 27.8 Å². The predicted molar refractivity (Wildman–Crippen MR) is 141 cm³/mol. The molecule has 1 aliphatic carbocycles. The van der Waals surface area contributed by atoms with Crippen molar-refractivity contribution in [3.8, 4) is 0 Å². The lowest BCUT2D eigenvalue weighted by molar-refractivity contribution is -0.204. The summed E-state index contributed by atoms with van der Waals surface area (Å²) in [6.45, 7) is 0.354. The maximum Gasteiger partial charge on any atom is 0.403 e. The number of hydrogen-bond acceptors (Lipinski definition) is 9. The summed E-state index contributed by atoms with van der Waals surface area (Å²) < 4.78 is 78.1. The van der Waals surface area contributed by atoms with E-state index in [9.17, 15) is 18.0 Å². The lowest BCUT2D eigenvalue weighted by Gasteiger charge is -2.51. The molecule has 0 N–H and O–H groups in total. The smallest absolute Gasteiger partial charge is 0.403 e. The van der Waals surface area contributed by atoms with Gasteiger partial charge < -0.3 is 14.2 Å². The van der Waals surface area contributed by atoms with Crippen LogP contribution in [0.2, 0.25) is 10.0 Å². The first-order valence-corrected chi connectivity index (χ1v) is 14.3. The molecule has 2 aliphatic heterocycles. The van der Waals surface area contributed by atoms with Crippen molar-refractivity contribution in [3.05, 3.63) is 57.4 Å². The standard InChI is InChI=1S/C25H18Cl2F5N7O2S/c26-14-2-1-12(5-15(14)27)24(28,29)20-37-36-19(41-20)13-6-38(18-16-17(33-10-34-18)35-11-42-16)7-22(13)8-39(9-22)21(40)23(3-4-23)25(30,31)32/h1-2,5,10-11,13H,3-4,6-9H2. The SMILES string of the molecule is O=C(N1CC2(C1)CN(c1ncnc3ncsc13)CC2c1nnc(C(F)(F)c2ccc(Cl)c(Cl)c2)o1)C1(C(F)(F)F)CC1. The van der Waals surface area contributed by atoms with Gasteiger partial charge in [-0.2, -0.15) is 22.0 Å². The molecule has 1 aromatic carbocycles. The van der Waals surface area contributed by atoms with Gasteiger partial charge in [-0.1, -0.05) is 29.3 Å². The van der Waals surface area contributed by atoms with E-state index in [1.165, 1.54) is 28.6 Å². The van der Waals surface area contributed by atoms with Crippen LogP contribution in [-0.4, -0.2) is 68.3 Å². The third-order valence-electron chi connectivity index (χ3n) is 8.35. The van der Waals surface area contributed by atoms with Gasteiger partial charge >= 0.3 is 12.1 Å². The molecule has 1 amide bonds. The number of alkyl halides is 5. The number of hydrogen-bond donors (Lipinski definition) is 0. The number of amides is 1. The number of likely N-dealkylation sites (tertiary alicyclic amines) is 1. The van der Waals surface area contributed by atoms with Crippen molar-refractivity contribution in [1.29, 1.82) is 0 Å². The molecule has 42 heavy (non-hydrogen) atoms. The molecule has 2 saturated heterocycles. The van der Waals surface area contributed by atoms with Gasteiger partial charge in [0.25, 0.3) is 5.89 Å². The summed E-state index contributed by atoms with van der Waals surface area (Å²) in [5, 5.41) is 7.60. The zero-order chi connectivity index (χ0) is 29.7. The van der Waals surface area contributed by atoms with E-state index < -0.39 is 46.2 Å². The highest BCUT2D eigenvalue weighted by Gasteiger charge is 2.71. The number of carbonyl (C=O) groups excluding carboxylic acids is 1.